The Labute approximate surface area is 134 Å². The number of fused-ring (bicyclic) bond motifs is 1. The van der Waals surface area contributed by atoms with Crippen molar-refractivity contribution in [2.24, 2.45) is 0 Å². The first kappa shape index (κ1) is 15.9. The van der Waals surface area contributed by atoms with Crippen LogP contribution < -0.4 is 5.63 Å². The van der Waals surface area contributed by atoms with Crippen molar-refractivity contribution in [3.8, 4) is 0 Å². The molecule has 1 amide bonds. The quantitative estimate of drug-likeness (QED) is 0.688. The maximum atomic E-state index is 12.8. The number of hydrogen-bond donors (Lipinski definition) is 0. The van der Waals surface area contributed by atoms with E-state index in [9.17, 15) is 18.4 Å². The molecule has 3 rings (SSSR count). The highest BCUT2D eigenvalue weighted by Gasteiger charge is 2.20. The Hall–Kier alpha value is -3.03. The van der Waals surface area contributed by atoms with Crippen molar-refractivity contribution in [1.82, 2.24) is 14.5 Å². The van der Waals surface area contributed by atoms with Gasteiger partial charge in [0.15, 0.2) is 0 Å². The number of hydrogen-bond acceptors (Lipinski definition) is 4. The first-order chi connectivity index (χ1) is 11.5. The standard InChI is InChI=1S/C16H13F2N3O3/c1-20(9-13-19-6-7-21(13)16(17)18)14(22)11-8-10-4-2-3-5-12(10)24-15(11)23/h2-8,16H,9H2,1H3. The van der Waals surface area contributed by atoms with Crippen LogP contribution in [0.4, 0.5) is 8.78 Å². The molecular weight excluding hydrogens is 320 g/mol. The molecule has 0 saturated heterocycles. The van der Waals surface area contributed by atoms with Crippen molar-refractivity contribution in [2.45, 2.75) is 13.1 Å². The highest BCUT2D eigenvalue weighted by molar-refractivity contribution is 5.96. The van der Waals surface area contributed by atoms with Gasteiger partial charge in [-0.2, -0.15) is 8.78 Å². The number of amides is 1. The summed E-state index contributed by atoms with van der Waals surface area (Å²) in [6.45, 7) is -2.92. The molecule has 0 saturated carbocycles. The number of aromatic nitrogens is 2. The number of para-hydroxylation sites is 1. The lowest BCUT2D eigenvalue weighted by atomic mass is 10.1. The van der Waals surface area contributed by atoms with Gasteiger partial charge >= 0.3 is 12.2 Å². The summed E-state index contributed by atoms with van der Waals surface area (Å²) in [6.07, 6.45) is 2.35. The maximum absolute atomic E-state index is 12.8. The summed E-state index contributed by atoms with van der Waals surface area (Å²) >= 11 is 0. The second-order valence-corrected chi connectivity index (χ2v) is 5.17. The van der Waals surface area contributed by atoms with Gasteiger partial charge in [0.25, 0.3) is 5.91 Å². The zero-order chi connectivity index (χ0) is 17.3. The van der Waals surface area contributed by atoms with Crippen LogP contribution in [-0.4, -0.2) is 27.4 Å². The fourth-order valence-electron chi connectivity index (χ4n) is 2.34. The molecule has 6 nitrogen and oxygen atoms in total. The summed E-state index contributed by atoms with van der Waals surface area (Å²) in [4.78, 5) is 29.4. The lowest BCUT2D eigenvalue weighted by molar-refractivity contribution is 0.0611. The van der Waals surface area contributed by atoms with Crippen LogP contribution >= 0.6 is 0 Å². The molecule has 0 aliphatic heterocycles. The number of nitrogens with zero attached hydrogens (tertiary/aromatic N) is 3. The monoisotopic (exact) mass is 333 g/mol. The summed E-state index contributed by atoms with van der Waals surface area (Å²) in [5.41, 5.74) is -0.566. The first-order valence-corrected chi connectivity index (χ1v) is 7.05. The molecule has 1 aromatic carbocycles. The molecule has 0 bridgehead atoms. The van der Waals surface area contributed by atoms with Crippen molar-refractivity contribution in [2.75, 3.05) is 7.05 Å². The average molecular weight is 333 g/mol. The van der Waals surface area contributed by atoms with Gasteiger partial charge in [0.2, 0.25) is 0 Å². The Morgan fingerprint density at radius 3 is 2.88 bits per heavy atom. The summed E-state index contributed by atoms with van der Waals surface area (Å²) in [6, 6.07) is 8.22. The Balaban J connectivity index is 1.89. The molecule has 0 atom stereocenters. The Morgan fingerprint density at radius 2 is 2.12 bits per heavy atom. The van der Waals surface area contributed by atoms with Crippen molar-refractivity contribution < 1.29 is 18.0 Å². The number of carbonyl (C=O) groups is 1. The summed E-state index contributed by atoms with van der Waals surface area (Å²) in [5, 5.41) is 0.600. The van der Waals surface area contributed by atoms with Gasteiger partial charge in [-0.3, -0.25) is 9.36 Å². The molecule has 0 N–H and O–H groups in total. The molecule has 2 aromatic heterocycles. The SMILES string of the molecule is CN(Cc1nccn1C(F)F)C(=O)c1cc2ccccc2oc1=O. The molecule has 8 heteroatoms. The first-order valence-electron chi connectivity index (χ1n) is 7.05. The van der Waals surface area contributed by atoms with Crippen molar-refractivity contribution >= 4 is 16.9 Å². The molecule has 2 heterocycles. The van der Waals surface area contributed by atoms with E-state index in [2.05, 4.69) is 4.98 Å². The molecular formula is C16H13F2N3O3. The van der Waals surface area contributed by atoms with Crippen LogP contribution in [0.3, 0.4) is 0 Å². The number of benzene rings is 1. The van der Waals surface area contributed by atoms with Gasteiger partial charge in [-0.05, 0) is 12.1 Å². The minimum absolute atomic E-state index is 0.0195. The normalized spacial score (nSPS) is 11.2. The van der Waals surface area contributed by atoms with Crippen LogP contribution in [0.5, 0.6) is 0 Å². The molecule has 0 unspecified atom stereocenters. The van der Waals surface area contributed by atoms with Crippen LogP contribution in [0.25, 0.3) is 11.0 Å². The van der Waals surface area contributed by atoms with E-state index in [1.165, 1.54) is 19.3 Å². The van der Waals surface area contributed by atoms with Crippen LogP contribution in [0.15, 0.2) is 51.9 Å². The number of imidazole rings is 1. The highest BCUT2D eigenvalue weighted by Crippen LogP contribution is 2.16. The van der Waals surface area contributed by atoms with E-state index in [4.69, 9.17) is 4.42 Å². The topological polar surface area (TPSA) is 68.3 Å². The van der Waals surface area contributed by atoms with E-state index < -0.39 is 18.1 Å². The van der Waals surface area contributed by atoms with Gasteiger partial charge in [0.05, 0.1) is 6.54 Å². The third-order valence-corrected chi connectivity index (χ3v) is 3.56. The molecule has 24 heavy (non-hydrogen) atoms. The zero-order valence-corrected chi connectivity index (χ0v) is 12.6. The van der Waals surface area contributed by atoms with Gasteiger partial charge in [-0.1, -0.05) is 18.2 Å². The summed E-state index contributed by atoms with van der Waals surface area (Å²) < 4.78 is 31.4. The third kappa shape index (κ3) is 2.90. The van der Waals surface area contributed by atoms with E-state index >= 15 is 0 Å². The predicted octanol–water partition coefficient (Wildman–Crippen LogP) is 2.66. The van der Waals surface area contributed by atoms with E-state index in [0.29, 0.717) is 15.5 Å². The van der Waals surface area contributed by atoms with Crippen LogP contribution in [0, 0.1) is 0 Å². The largest absolute Gasteiger partial charge is 0.422 e. The summed E-state index contributed by atoms with van der Waals surface area (Å²) in [7, 11) is 1.40. The van der Waals surface area contributed by atoms with Gasteiger partial charge in [0.1, 0.15) is 17.0 Å². The fraction of sp³-hybridized carbons (Fsp3) is 0.188. The molecule has 0 radical (unpaired) electrons. The van der Waals surface area contributed by atoms with Crippen LogP contribution in [0.2, 0.25) is 0 Å². The lowest BCUT2D eigenvalue weighted by Gasteiger charge is -2.17. The van der Waals surface area contributed by atoms with E-state index in [1.807, 2.05) is 0 Å². The van der Waals surface area contributed by atoms with Crippen molar-refractivity contribution in [3.63, 3.8) is 0 Å². The predicted molar refractivity (Wildman–Crippen MR) is 81.8 cm³/mol. The average Bonchev–Trinajstić information content (AvgIpc) is 3.01. The fourth-order valence-corrected chi connectivity index (χ4v) is 2.34. The second-order valence-electron chi connectivity index (χ2n) is 5.17. The van der Waals surface area contributed by atoms with Gasteiger partial charge < -0.3 is 9.32 Å². The van der Waals surface area contributed by atoms with Crippen molar-refractivity contribution in [1.29, 1.82) is 0 Å². The van der Waals surface area contributed by atoms with Gasteiger partial charge in [-0.25, -0.2) is 9.78 Å². The minimum Gasteiger partial charge on any atom is -0.422 e. The third-order valence-electron chi connectivity index (χ3n) is 3.56. The molecule has 0 spiro atoms. The molecule has 0 fully saturated rings. The molecule has 0 aliphatic rings. The minimum atomic E-state index is -2.75. The van der Waals surface area contributed by atoms with E-state index in [-0.39, 0.29) is 17.9 Å². The Morgan fingerprint density at radius 1 is 1.38 bits per heavy atom. The van der Waals surface area contributed by atoms with Gasteiger partial charge in [-0.15, -0.1) is 0 Å². The number of halogens is 2. The highest BCUT2D eigenvalue weighted by atomic mass is 19.3. The number of rotatable bonds is 4. The number of carbonyl (C=O) groups excluding carboxylic acids is 1. The Bertz CT molecular complexity index is 949. The van der Waals surface area contributed by atoms with Crippen molar-refractivity contribution in [3.05, 3.63) is 64.5 Å². The van der Waals surface area contributed by atoms with E-state index in [0.717, 1.165) is 11.1 Å². The van der Waals surface area contributed by atoms with Crippen LogP contribution in [0.1, 0.15) is 22.7 Å². The lowest BCUT2D eigenvalue weighted by Crippen LogP contribution is -2.31. The molecule has 124 valence electrons. The number of alkyl halides is 2. The smallest absolute Gasteiger partial charge is 0.349 e. The Kier molecular flexibility index (Phi) is 4.11. The van der Waals surface area contributed by atoms with Gasteiger partial charge in [0, 0.05) is 24.8 Å². The maximum Gasteiger partial charge on any atom is 0.349 e. The second kappa shape index (κ2) is 6.23. The van der Waals surface area contributed by atoms with Crippen LogP contribution in [-0.2, 0) is 6.54 Å². The molecule has 3 aromatic rings. The molecule has 0 aliphatic carbocycles. The zero-order valence-electron chi connectivity index (χ0n) is 12.6. The van der Waals surface area contributed by atoms with E-state index in [1.54, 1.807) is 24.3 Å². The summed E-state index contributed by atoms with van der Waals surface area (Å²) in [5.74, 6) is -0.607.